The first-order valence-electron chi connectivity index (χ1n) is 6.42. The van der Waals surface area contributed by atoms with Gasteiger partial charge in [0.25, 0.3) is 0 Å². The van der Waals surface area contributed by atoms with E-state index in [0.29, 0.717) is 6.42 Å². The normalized spacial score (nSPS) is 23.2. The molecule has 2 nitrogen and oxygen atoms in total. The first-order valence-corrected chi connectivity index (χ1v) is 6.42. The highest BCUT2D eigenvalue weighted by atomic mass is 19.4. The summed E-state index contributed by atoms with van der Waals surface area (Å²) in [6.45, 7) is -1.17. The second-order valence-corrected chi connectivity index (χ2v) is 5.08. The molecule has 0 bridgehead atoms. The standard InChI is InChI=1S/C14H18F3NO/c15-14(16,17)10-19-9-8-13(18)7-3-5-11-4-1-2-6-12(11)13/h1-2,4,6H,3,5,7-10,18H2. The number of fused-ring (bicyclic) bond motifs is 1. The Morgan fingerprint density at radius 1 is 1.26 bits per heavy atom. The van der Waals surface area contributed by atoms with Crippen molar-refractivity contribution in [3.8, 4) is 0 Å². The van der Waals surface area contributed by atoms with Crippen LogP contribution >= 0.6 is 0 Å². The minimum Gasteiger partial charge on any atom is -0.372 e. The van der Waals surface area contributed by atoms with E-state index >= 15 is 0 Å². The van der Waals surface area contributed by atoms with Crippen LogP contribution in [0, 0.1) is 0 Å². The summed E-state index contributed by atoms with van der Waals surface area (Å²) >= 11 is 0. The Morgan fingerprint density at radius 3 is 2.74 bits per heavy atom. The van der Waals surface area contributed by atoms with Gasteiger partial charge in [0.2, 0.25) is 0 Å². The summed E-state index contributed by atoms with van der Waals surface area (Å²) in [5, 5.41) is 0. The molecule has 1 aliphatic carbocycles. The summed E-state index contributed by atoms with van der Waals surface area (Å²) in [5.74, 6) is 0. The van der Waals surface area contributed by atoms with Crippen molar-refractivity contribution >= 4 is 0 Å². The molecule has 0 fully saturated rings. The van der Waals surface area contributed by atoms with Crippen LogP contribution in [0.1, 0.15) is 30.4 Å². The molecule has 2 N–H and O–H groups in total. The van der Waals surface area contributed by atoms with Gasteiger partial charge in [0.15, 0.2) is 0 Å². The van der Waals surface area contributed by atoms with Crippen LogP contribution in [-0.2, 0) is 16.7 Å². The van der Waals surface area contributed by atoms with Gasteiger partial charge in [-0.2, -0.15) is 13.2 Å². The predicted molar refractivity (Wildman–Crippen MR) is 66.7 cm³/mol. The average molecular weight is 273 g/mol. The van der Waals surface area contributed by atoms with Crippen molar-refractivity contribution in [2.75, 3.05) is 13.2 Å². The Bertz CT molecular complexity index is 433. The molecule has 0 heterocycles. The first-order chi connectivity index (χ1) is 8.91. The van der Waals surface area contributed by atoms with Gasteiger partial charge in [-0.25, -0.2) is 0 Å². The van der Waals surface area contributed by atoms with Gasteiger partial charge in [0.05, 0.1) is 0 Å². The van der Waals surface area contributed by atoms with Gasteiger partial charge in [-0.1, -0.05) is 24.3 Å². The zero-order chi connectivity index (χ0) is 13.9. The van der Waals surface area contributed by atoms with E-state index in [2.05, 4.69) is 4.74 Å². The lowest BCUT2D eigenvalue weighted by molar-refractivity contribution is -0.174. The highest BCUT2D eigenvalue weighted by molar-refractivity contribution is 5.35. The van der Waals surface area contributed by atoms with Crippen LogP contribution in [0.5, 0.6) is 0 Å². The van der Waals surface area contributed by atoms with E-state index in [4.69, 9.17) is 5.73 Å². The summed E-state index contributed by atoms with van der Waals surface area (Å²) in [7, 11) is 0. The minimum atomic E-state index is -4.27. The maximum atomic E-state index is 12.0. The zero-order valence-corrected chi connectivity index (χ0v) is 10.7. The van der Waals surface area contributed by atoms with Crippen LogP contribution in [0.15, 0.2) is 24.3 Å². The SMILES string of the molecule is NC1(CCOCC(F)(F)F)CCCc2ccccc21. The van der Waals surface area contributed by atoms with Crippen LogP contribution < -0.4 is 5.73 Å². The molecule has 0 spiro atoms. The Hall–Kier alpha value is -1.07. The van der Waals surface area contributed by atoms with Crippen LogP contribution in [0.4, 0.5) is 13.2 Å². The number of nitrogens with two attached hydrogens (primary N) is 1. The van der Waals surface area contributed by atoms with Crippen LogP contribution in [0.25, 0.3) is 0 Å². The lowest BCUT2D eigenvalue weighted by Crippen LogP contribution is -2.41. The van der Waals surface area contributed by atoms with E-state index in [9.17, 15) is 13.2 Å². The van der Waals surface area contributed by atoms with E-state index in [1.807, 2.05) is 24.3 Å². The van der Waals surface area contributed by atoms with Crippen LogP contribution in [-0.4, -0.2) is 19.4 Å². The predicted octanol–water partition coefficient (Wildman–Crippen LogP) is 3.15. The third-order valence-corrected chi connectivity index (χ3v) is 3.58. The molecule has 0 saturated heterocycles. The molecule has 0 aromatic heterocycles. The molecule has 0 aliphatic heterocycles. The zero-order valence-electron chi connectivity index (χ0n) is 10.7. The highest BCUT2D eigenvalue weighted by Gasteiger charge is 2.33. The number of aryl methyl sites for hydroxylation is 1. The fourth-order valence-corrected chi connectivity index (χ4v) is 2.65. The number of hydrogen-bond acceptors (Lipinski definition) is 2. The van der Waals surface area contributed by atoms with Crippen molar-refractivity contribution in [3.05, 3.63) is 35.4 Å². The molecule has 1 aliphatic rings. The summed E-state index contributed by atoms with van der Waals surface area (Å²) < 4.78 is 40.7. The quantitative estimate of drug-likeness (QED) is 0.855. The van der Waals surface area contributed by atoms with Crippen LogP contribution in [0.2, 0.25) is 0 Å². The largest absolute Gasteiger partial charge is 0.411 e. The van der Waals surface area contributed by atoms with Gasteiger partial charge in [-0.05, 0) is 36.8 Å². The van der Waals surface area contributed by atoms with E-state index < -0.39 is 18.3 Å². The molecule has 19 heavy (non-hydrogen) atoms. The van der Waals surface area contributed by atoms with Crippen molar-refractivity contribution in [3.63, 3.8) is 0 Å². The van der Waals surface area contributed by atoms with Crippen molar-refractivity contribution in [1.82, 2.24) is 0 Å². The minimum absolute atomic E-state index is 0.0321. The number of alkyl halides is 3. The summed E-state index contributed by atoms with van der Waals surface area (Å²) in [6, 6.07) is 7.89. The second-order valence-electron chi connectivity index (χ2n) is 5.08. The van der Waals surface area contributed by atoms with E-state index in [1.165, 1.54) is 5.56 Å². The van der Waals surface area contributed by atoms with Crippen molar-refractivity contribution < 1.29 is 17.9 Å². The molecule has 0 amide bonds. The number of halogens is 3. The summed E-state index contributed by atoms with van der Waals surface area (Å²) in [4.78, 5) is 0. The topological polar surface area (TPSA) is 35.2 Å². The molecule has 1 atom stereocenters. The van der Waals surface area contributed by atoms with E-state index in [1.54, 1.807) is 0 Å². The molecule has 1 aromatic rings. The van der Waals surface area contributed by atoms with Gasteiger partial charge in [0, 0.05) is 12.1 Å². The summed E-state index contributed by atoms with van der Waals surface area (Å²) in [6.07, 6.45) is -1.11. The van der Waals surface area contributed by atoms with Gasteiger partial charge >= 0.3 is 6.18 Å². The third-order valence-electron chi connectivity index (χ3n) is 3.58. The fourth-order valence-electron chi connectivity index (χ4n) is 2.65. The maximum absolute atomic E-state index is 12.0. The second kappa shape index (κ2) is 5.51. The van der Waals surface area contributed by atoms with Crippen molar-refractivity contribution in [2.45, 2.75) is 37.4 Å². The molecular formula is C14H18F3NO. The molecule has 2 rings (SSSR count). The molecular weight excluding hydrogens is 255 g/mol. The highest BCUT2D eigenvalue weighted by Crippen LogP contribution is 2.35. The molecule has 0 saturated carbocycles. The molecule has 1 aromatic carbocycles. The third kappa shape index (κ3) is 3.70. The molecule has 0 radical (unpaired) electrons. The first kappa shape index (κ1) is 14.3. The summed E-state index contributed by atoms with van der Waals surface area (Å²) in [5.41, 5.74) is 8.06. The lowest BCUT2D eigenvalue weighted by atomic mass is 9.75. The van der Waals surface area contributed by atoms with Crippen molar-refractivity contribution in [1.29, 1.82) is 0 Å². The van der Waals surface area contributed by atoms with Gasteiger partial charge in [-0.3, -0.25) is 0 Å². The fraction of sp³-hybridized carbons (Fsp3) is 0.571. The Labute approximate surface area is 110 Å². The Morgan fingerprint density at radius 2 is 2.00 bits per heavy atom. The smallest absolute Gasteiger partial charge is 0.372 e. The van der Waals surface area contributed by atoms with Gasteiger partial charge in [0.1, 0.15) is 6.61 Å². The molecule has 106 valence electrons. The average Bonchev–Trinajstić information content (AvgIpc) is 2.34. The number of benzene rings is 1. The molecule has 1 unspecified atom stereocenters. The number of rotatable bonds is 4. The lowest BCUT2D eigenvalue weighted by Gasteiger charge is -2.36. The molecule has 5 heteroatoms. The van der Waals surface area contributed by atoms with Crippen molar-refractivity contribution in [2.24, 2.45) is 5.73 Å². The number of ether oxygens (including phenoxy) is 1. The van der Waals surface area contributed by atoms with Crippen LogP contribution in [0.3, 0.4) is 0 Å². The Kier molecular flexibility index (Phi) is 4.16. The monoisotopic (exact) mass is 273 g/mol. The maximum Gasteiger partial charge on any atom is 0.411 e. The van der Waals surface area contributed by atoms with Gasteiger partial charge < -0.3 is 10.5 Å². The van der Waals surface area contributed by atoms with E-state index in [0.717, 1.165) is 24.8 Å². The Balaban J connectivity index is 1.96. The van der Waals surface area contributed by atoms with Gasteiger partial charge in [-0.15, -0.1) is 0 Å². The number of hydrogen-bond donors (Lipinski definition) is 1. The van der Waals surface area contributed by atoms with E-state index in [-0.39, 0.29) is 6.61 Å².